The zero-order valence-electron chi connectivity index (χ0n) is 17.5. The number of esters is 1. The Kier molecular flexibility index (Phi) is 7.15. The lowest BCUT2D eigenvalue weighted by Crippen LogP contribution is -2.16. The third kappa shape index (κ3) is 5.55. The molecule has 0 aliphatic carbocycles. The predicted octanol–water partition coefficient (Wildman–Crippen LogP) is 5.21. The standard InChI is InChI=1S/C24H23ClN2O4/c1-16-13-22(23(28)26-19-8-10-20(30-2)11-9-19)27(15-16)12-4-5-17-6-7-18(25)14-21(17)24(29)31-3/h4-11,13-15H,12H2,1-3H3,(H,26,28)/b5-4+. The topological polar surface area (TPSA) is 69.6 Å². The second kappa shape index (κ2) is 10.00. The zero-order chi connectivity index (χ0) is 22.4. The number of nitrogens with zero attached hydrogens (tertiary/aromatic N) is 1. The molecule has 3 aromatic rings. The Morgan fingerprint density at radius 3 is 2.52 bits per heavy atom. The summed E-state index contributed by atoms with van der Waals surface area (Å²) in [5, 5.41) is 3.35. The van der Waals surface area contributed by atoms with Crippen LogP contribution in [-0.2, 0) is 11.3 Å². The lowest BCUT2D eigenvalue weighted by atomic mass is 10.1. The number of halogens is 1. The van der Waals surface area contributed by atoms with E-state index in [1.54, 1.807) is 49.6 Å². The lowest BCUT2D eigenvalue weighted by molar-refractivity contribution is 0.0600. The van der Waals surface area contributed by atoms with Gasteiger partial charge in [-0.2, -0.15) is 0 Å². The van der Waals surface area contributed by atoms with Gasteiger partial charge in [-0.15, -0.1) is 0 Å². The fraction of sp³-hybridized carbons (Fsp3) is 0.167. The van der Waals surface area contributed by atoms with E-state index >= 15 is 0 Å². The van der Waals surface area contributed by atoms with Crippen molar-refractivity contribution in [3.05, 3.63) is 88.2 Å². The van der Waals surface area contributed by atoms with Crippen LogP contribution in [-0.4, -0.2) is 30.7 Å². The van der Waals surface area contributed by atoms with Crippen LogP contribution in [0.4, 0.5) is 5.69 Å². The first-order chi connectivity index (χ1) is 14.9. The van der Waals surface area contributed by atoms with E-state index in [-0.39, 0.29) is 5.91 Å². The number of ether oxygens (including phenoxy) is 2. The first-order valence-electron chi connectivity index (χ1n) is 9.58. The quantitative estimate of drug-likeness (QED) is 0.514. The summed E-state index contributed by atoms with van der Waals surface area (Å²) in [5.41, 5.74) is 3.24. The van der Waals surface area contributed by atoms with E-state index in [2.05, 4.69) is 5.32 Å². The maximum Gasteiger partial charge on any atom is 0.338 e. The van der Waals surface area contributed by atoms with Crippen LogP contribution < -0.4 is 10.1 Å². The van der Waals surface area contributed by atoms with Crippen molar-refractivity contribution in [2.24, 2.45) is 0 Å². The molecule has 0 fully saturated rings. The number of rotatable bonds is 7. The van der Waals surface area contributed by atoms with Crippen molar-refractivity contribution in [2.75, 3.05) is 19.5 Å². The second-order valence-corrected chi connectivity index (χ2v) is 7.30. The van der Waals surface area contributed by atoms with Crippen LogP contribution in [0.25, 0.3) is 6.08 Å². The van der Waals surface area contributed by atoms with E-state index in [0.717, 1.165) is 11.3 Å². The minimum atomic E-state index is -0.460. The Bertz CT molecular complexity index is 1120. The van der Waals surface area contributed by atoms with Crippen molar-refractivity contribution in [3.8, 4) is 5.75 Å². The summed E-state index contributed by atoms with van der Waals surface area (Å²) in [6.07, 6.45) is 5.58. The van der Waals surface area contributed by atoms with Gasteiger partial charge in [-0.05, 0) is 60.5 Å². The summed E-state index contributed by atoms with van der Waals surface area (Å²) in [6.45, 7) is 2.38. The monoisotopic (exact) mass is 438 g/mol. The molecule has 31 heavy (non-hydrogen) atoms. The van der Waals surface area contributed by atoms with Crippen molar-refractivity contribution in [1.82, 2.24) is 4.57 Å². The zero-order valence-corrected chi connectivity index (χ0v) is 18.3. The van der Waals surface area contributed by atoms with Gasteiger partial charge in [0.15, 0.2) is 0 Å². The molecule has 3 rings (SSSR count). The number of aryl methyl sites for hydroxylation is 1. The number of benzene rings is 2. The highest BCUT2D eigenvalue weighted by Gasteiger charge is 2.13. The van der Waals surface area contributed by atoms with Crippen LogP contribution in [0.2, 0.25) is 5.02 Å². The van der Waals surface area contributed by atoms with Gasteiger partial charge in [-0.1, -0.05) is 29.8 Å². The van der Waals surface area contributed by atoms with Gasteiger partial charge in [-0.3, -0.25) is 4.79 Å². The van der Waals surface area contributed by atoms with Crippen molar-refractivity contribution in [1.29, 1.82) is 0 Å². The Labute approximate surface area is 186 Å². The van der Waals surface area contributed by atoms with Crippen LogP contribution in [0.15, 0.2) is 60.8 Å². The second-order valence-electron chi connectivity index (χ2n) is 6.86. The van der Waals surface area contributed by atoms with Crippen LogP contribution in [0, 0.1) is 6.92 Å². The van der Waals surface area contributed by atoms with Crippen LogP contribution in [0.5, 0.6) is 5.75 Å². The molecule has 0 bridgehead atoms. The molecule has 0 spiro atoms. The number of methoxy groups -OCH3 is 2. The molecule has 1 N–H and O–H groups in total. The highest BCUT2D eigenvalue weighted by Crippen LogP contribution is 2.20. The molecule has 1 heterocycles. The van der Waals surface area contributed by atoms with Crippen molar-refractivity contribution >= 4 is 35.2 Å². The van der Waals surface area contributed by atoms with E-state index in [1.165, 1.54) is 7.11 Å². The highest BCUT2D eigenvalue weighted by molar-refractivity contribution is 6.31. The van der Waals surface area contributed by atoms with E-state index in [9.17, 15) is 9.59 Å². The third-order valence-corrected chi connectivity index (χ3v) is 4.87. The SMILES string of the molecule is COC(=O)c1cc(Cl)ccc1/C=C/Cn1cc(C)cc1C(=O)Nc1ccc(OC)cc1. The number of amides is 1. The van der Waals surface area contributed by atoms with E-state index < -0.39 is 5.97 Å². The number of carbonyl (C=O) groups excluding carboxylic acids is 2. The molecule has 1 amide bonds. The minimum absolute atomic E-state index is 0.214. The normalized spacial score (nSPS) is 10.8. The third-order valence-electron chi connectivity index (χ3n) is 4.63. The Balaban J connectivity index is 1.76. The summed E-state index contributed by atoms with van der Waals surface area (Å²) < 4.78 is 11.8. The first-order valence-corrected chi connectivity index (χ1v) is 9.95. The average Bonchev–Trinajstić information content (AvgIpc) is 3.15. The summed E-state index contributed by atoms with van der Waals surface area (Å²) in [5.74, 6) is 0.0443. The molecule has 160 valence electrons. The van der Waals surface area contributed by atoms with E-state index in [1.807, 2.05) is 35.9 Å². The van der Waals surface area contributed by atoms with Gasteiger partial charge in [0.2, 0.25) is 0 Å². The number of carbonyl (C=O) groups is 2. The molecule has 1 aromatic heterocycles. The average molecular weight is 439 g/mol. The van der Waals surface area contributed by atoms with Gasteiger partial charge in [0.05, 0.1) is 19.8 Å². The van der Waals surface area contributed by atoms with Gasteiger partial charge in [0.25, 0.3) is 5.91 Å². The van der Waals surface area contributed by atoms with Gasteiger partial charge in [-0.25, -0.2) is 4.79 Å². The Morgan fingerprint density at radius 2 is 1.84 bits per heavy atom. The van der Waals surface area contributed by atoms with E-state index in [0.29, 0.717) is 34.1 Å². The summed E-state index contributed by atoms with van der Waals surface area (Å²) in [4.78, 5) is 24.8. The molecule has 0 atom stereocenters. The molecule has 6 nitrogen and oxygen atoms in total. The molecule has 0 aliphatic rings. The highest BCUT2D eigenvalue weighted by atomic mass is 35.5. The molecule has 0 radical (unpaired) electrons. The number of anilines is 1. The number of nitrogens with one attached hydrogen (secondary N) is 1. The fourth-order valence-electron chi connectivity index (χ4n) is 3.12. The van der Waals surface area contributed by atoms with Crippen molar-refractivity contribution in [3.63, 3.8) is 0 Å². The van der Waals surface area contributed by atoms with Crippen LogP contribution in [0.1, 0.15) is 32.0 Å². The van der Waals surface area contributed by atoms with Gasteiger partial charge in [0, 0.05) is 23.5 Å². The predicted molar refractivity (Wildman–Crippen MR) is 122 cm³/mol. The maximum absolute atomic E-state index is 12.8. The van der Waals surface area contributed by atoms with E-state index in [4.69, 9.17) is 21.1 Å². The molecule has 0 unspecified atom stereocenters. The smallest absolute Gasteiger partial charge is 0.338 e. The van der Waals surface area contributed by atoms with Crippen molar-refractivity contribution in [2.45, 2.75) is 13.5 Å². The van der Waals surface area contributed by atoms with Gasteiger partial charge < -0.3 is 19.4 Å². The molecule has 0 saturated heterocycles. The first kappa shape index (κ1) is 22.2. The number of aromatic nitrogens is 1. The summed E-state index contributed by atoms with van der Waals surface area (Å²) in [6, 6.07) is 14.0. The Morgan fingerprint density at radius 1 is 1.10 bits per heavy atom. The molecule has 0 aliphatic heterocycles. The van der Waals surface area contributed by atoms with Gasteiger partial charge >= 0.3 is 5.97 Å². The molecular formula is C24H23ClN2O4. The summed E-state index contributed by atoms with van der Waals surface area (Å²) in [7, 11) is 2.92. The molecule has 2 aromatic carbocycles. The molecule has 0 saturated carbocycles. The van der Waals surface area contributed by atoms with Gasteiger partial charge in [0.1, 0.15) is 11.4 Å². The summed E-state index contributed by atoms with van der Waals surface area (Å²) >= 11 is 6.00. The molecule has 7 heteroatoms. The number of allylic oxidation sites excluding steroid dienone is 1. The maximum atomic E-state index is 12.8. The van der Waals surface area contributed by atoms with Crippen LogP contribution >= 0.6 is 11.6 Å². The van der Waals surface area contributed by atoms with Crippen molar-refractivity contribution < 1.29 is 19.1 Å². The Hall–Kier alpha value is -3.51. The minimum Gasteiger partial charge on any atom is -0.497 e. The largest absolute Gasteiger partial charge is 0.497 e. The fourth-order valence-corrected chi connectivity index (χ4v) is 3.29. The number of hydrogen-bond donors (Lipinski definition) is 1. The lowest BCUT2D eigenvalue weighted by Gasteiger charge is -2.09. The molecular weight excluding hydrogens is 416 g/mol. The van der Waals surface area contributed by atoms with Crippen LogP contribution in [0.3, 0.4) is 0 Å². The number of hydrogen-bond acceptors (Lipinski definition) is 4.